The van der Waals surface area contributed by atoms with Gasteiger partial charge >= 0.3 is 0 Å². The molecule has 1 aliphatic rings. The highest BCUT2D eigenvalue weighted by Gasteiger charge is 2.32. The van der Waals surface area contributed by atoms with Crippen molar-refractivity contribution < 1.29 is 21.8 Å². The van der Waals surface area contributed by atoms with Gasteiger partial charge in [0.1, 0.15) is 16.5 Å². The summed E-state index contributed by atoms with van der Waals surface area (Å²) in [6.45, 7) is 2.26. The molecule has 0 unspecified atom stereocenters. The Labute approximate surface area is 140 Å². The fourth-order valence-electron chi connectivity index (χ4n) is 2.32. The molecule has 5 nitrogen and oxygen atoms in total. The Balaban J connectivity index is 2.46. The summed E-state index contributed by atoms with van der Waals surface area (Å²) in [7, 11) is -3.61. The number of rotatable bonds is 3. The maximum absolute atomic E-state index is 13.8. The number of hydrogen-bond acceptors (Lipinski definition) is 4. The van der Waals surface area contributed by atoms with Crippen LogP contribution in [0.25, 0.3) is 0 Å². The normalized spacial score (nSPS) is 24.0. The summed E-state index contributed by atoms with van der Waals surface area (Å²) in [6.07, 6.45) is 0. The van der Waals surface area contributed by atoms with Crippen molar-refractivity contribution >= 4 is 36.8 Å². The van der Waals surface area contributed by atoms with E-state index in [4.69, 9.17) is 4.74 Å². The van der Waals surface area contributed by atoms with Crippen LogP contribution in [-0.2, 0) is 20.8 Å². The number of benzene rings is 1. The van der Waals surface area contributed by atoms with Crippen molar-refractivity contribution in [2.45, 2.75) is 11.8 Å². The first-order valence-corrected chi connectivity index (χ1v) is 10.4. The molecule has 0 amide bonds. The van der Waals surface area contributed by atoms with Crippen molar-refractivity contribution in [1.29, 1.82) is 0 Å². The first-order valence-electron chi connectivity index (χ1n) is 6.64. The van der Waals surface area contributed by atoms with E-state index in [1.54, 1.807) is 0 Å². The van der Waals surface area contributed by atoms with Crippen LogP contribution in [0.5, 0.6) is 5.75 Å². The summed E-state index contributed by atoms with van der Waals surface area (Å²) in [6, 6.07) is 2.24. The molecule has 0 saturated carbocycles. The van der Waals surface area contributed by atoms with Gasteiger partial charge in [-0.15, -0.1) is 0 Å². The van der Waals surface area contributed by atoms with Gasteiger partial charge in [-0.05, 0) is 34.0 Å². The van der Waals surface area contributed by atoms with Crippen molar-refractivity contribution in [3.63, 3.8) is 0 Å². The molecule has 1 heterocycles. The topological polar surface area (TPSA) is 63.7 Å². The first kappa shape index (κ1) is 17.8. The molecule has 2 rings (SSSR count). The fraction of sp³-hybridized carbons (Fsp3) is 0.538. The van der Waals surface area contributed by atoms with E-state index >= 15 is 0 Å². The molecule has 124 valence electrons. The van der Waals surface area contributed by atoms with Crippen molar-refractivity contribution in [3.8, 4) is 5.75 Å². The van der Waals surface area contributed by atoms with Crippen molar-refractivity contribution in [2.75, 3.05) is 31.7 Å². The van der Waals surface area contributed by atoms with Crippen LogP contribution in [-0.4, -0.2) is 48.6 Å². The molecule has 9 heteroatoms. The molecule has 0 aromatic heterocycles. The Morgan fingerprint density at radius 1 is 1.45 bits per heavy atom. The second-order valence-electron chi connectivity index (χ2n) is 5.20. The maximum atomic E-state index is 13.8. The molecule has 0 spiro atoms. The highest BCUT2D eigenvalue weighted by atomic mass is 79.9. The fourth-order valence-corrected chi connectivity index (χ4v) is 5.80. The number of nitrogens with zero attached hydrogens (tertiary/aromatic N) is 1. The van der Waals surface area contributed by atoms with E-state index in [0.717, 1.165) is 6.07 Å². The molecule has 1 aromatic carbocycles. The Bertz CT molecular complexity index is 696. The average molecular weight is 414 g/mol. The third-order valence-electron chi connectivity index (χ3n) is 3.38. The Hall–Kier alpha value is -0.510. The van der Waals surface area contributed by atoms with Gasteiger partial charge < -0.3 is 4.74 Å². The van der Waals surface area contributed by atoms with Gasteiger partial charge in [0, 0.05) is 35.4 Å². The van der Waals surface area contributed by atoms with Crippen molar-refractivity contribution in [1.82, 2.24) is 4.31 Å². The van der Waals surface area contributed by atoms with Crippen LogP contribution in [0.15, 0.2) is 21.5 Å². The summed E-state index contributed by atoms with van der Waals surface area (Å²) < 4.78 is 57.6. The molecule has 0 N–H and O–H groups in total. The number of ether oxygens (including phenoxy) is 1. The molecule has 22 heavy (non-hydrogen) atoms. The number of methoxy groups -OCH3 is 1. The summed E-state index contributed by atoms with van der Waals surface area (Å²) in [5, 5.41) is 0. The number of hydrogen-bond donors (Lipinski definition) is 0. The van der Waals surface area contributed by atoms with E-state index in [2.05, 4.69) is 15.9 Å². The minimum Gasteiger partial charge on any atom is -0.495 e. The van der Waals surface area contributed by atoms with E-state index in [-0.39, 0.29) is 39.9 Å². The molecule has 1 aliphatic heterocycles. The molecule has 1 saturated heterocycles. The summed E-state index contributed by atoms with van der Waals surface area (Å²) in [4.78, 5) is -0.212. The van der Waals surface area contributed by atoms with E-state index in [9.17, 15) is 17.0 Å². The van der Waals surface area contributed by atoms with Gasteiger partial charge in [-0.2, -0.15) is 4.31 Å². The zero-order valence-electron chi connectivity index (χ0n) is 12.2. The highest BCUT2D eigenvalue weighted by Crippen LogP contribution is 2.32. The Morgan fingerprint density at radius 3 is 2.77 bits per heavy atom. The lowest BCUT2D eigenvalue weighted by molar-refractivity contribution is 0.377. The predicted molar refractivity (Wildman–Crippen MR) is 86.5 cm³/mol. The molecule has 0 radical (unpaired) electrons. The Kier molecular flexibility index (Phi) is 5.63. The minimum atomic E-state index is -3.91. The predicted octanol–water partition coefficient (Wildman–Crippen LogP) is 1.99. The zero-order valence-corrected chi connectivity index (χ0v) is 15.4. The van der Waals surface area contributed by atoms with Crippen LogP contribution in [0.1, 0.15) is 6.92 Å². The molecular formula is C13H17BrFNO4S2. The molecule has 0 aliphatic carbocycles. The van der Waals surface area contributed by atoms with Crippen molar-refractivity contribution in [3.05, 3.63) is 22.4 Å². The van der Waals surface area contributed by atoms with Crippen LogP contribution in [0.3, 0.4) is 0 Å². The number of sulfonamides is 1. The van der Waals surface area contributed by atoms with Gasteiger partial charge in [0.15, 0.2) is 0 Å². The van der Waals surface area contributed by atoms with Gasteiger partial charge in [-0.25, -0.2) is 12.8 Å². The van der Waals surface area contributed by atoms with E-state index < -0.39 is 26.6 Å². The van der Waals surface area contributed by atoms with Gasteiger partial charge in [0.2, 0.25) is 10.0 Å². The van der Waals surface area contributed by atoms with E-state index in [1.165, 1.54) is 17.5 Å². The summed E-state index contributed by atoms with van der Waals surface area (Å²) in [5.41, 5.74) is 0. The lowest BCUT2D eigenvalue weighted by Gasteiger charge is -2.23. The second-order valence-corrected chi connectivity index (χ2v) is 9.58. The van der Waals surface area contributed by atoms with Crippen LogP contribution in [0.4, 0.5) is 4.39 Å². The lowest BCUT2D eigenvalue weighted by Crippen LogP contribution is -2.35. The Morgan fingerprint density at radius 2 is 2.14 bits per heavy atom. The highest BCUT2D eigenvalue weighted by molar-refractivity contribution is 9.10. The van der Waals surface area contributed by atoms with Gasteiger partial charge in [-0.3, -0.25) is 4.21 Å². The summed E-state index contributed by atoms with van der Waals surface area (Å²) in [5.74, 6) is 0.129. The van der Waals surface area contributed by atoms with Crippen LogP contribution in [0, 0.1) is 11.7 Å². The molecule has 1 aromatic rings. The third kappa shape index (κ3) is 3.69. The standard InChI is InChI=1S/C13H17BrFNO4S2/c1-9-7-16(3-4-21(17)8-9)22(18,19)13-6-11(15)10(14)5-12(13)20-2/h5-6,9H,3-4,7-8H2,1-2H3/t9-,21+/m1/s1. The lowest BCUT2D eigenvalue weighted by atomic mass is 10.2. The molecule has 2 atom stereocenters. The smallest absolute Gasteiger partial charge is 0.246 e. The zero-order chi connectivity index (χ0) is 16.5. The van der Waals surface area contributed by atoms with E-state index in [1.807, 2.05) is 6.92 Å². The van der Waals surface area contributed by atoms with Gasteiger partial charge in [0.05, 0.1) is 11.6 Å². The van der Waals surface area contributed by atoms with Crippen LogP contribution >= 0.6 is 15.9 Å². The number of halogens is 2. The van der Waals surface area contributed by atoms with Gasteiger partial charge in [-0.1, -0.05) is 6.92 Å². The molecule has 1 fully saturated rings. The summed E-state index contributed by atoms with van der Waals surface area (Å²) >= 11 is 3.01. The molecule has 0 bridgehead atoms. The maximum Gasteiger partial charge on any atom is 0.246 e. The first-order chi connectivity index (χ1) is 10.3. The quantitative estimate of drug-likeness (QED) is 0.759. The average Bonchev–Trinajstić information content (AvgIpc) is 2.62. The minimum absolute atomic E-state index is 0.0237. The largest absolute Gasteiger partial charge is 0.495 e. The SMILES string of the molecule is COc1cc(Br)c(F)cc1S(=O)(=O)N1CC[S@](=O)C[C@H](C)C1. The third-order valence-corrected chi connectivity index (χ3v) is 7.45. The van der Waals surface area contributed by atoms with Crippen molar-refractivity contribution in [2.24, 2.45) is 5.92 Å². The monoisotopic (exact) mass is 413 g/mol. The molecular weight excluding hydrogens is 397 g/mol. The van der Waals surface area contributed by atoms with Gasteiger partial charge in [0.25, 0.3) is 0 Å². The van der Waals surface area contributed by atoms with Crippen LogP contribution in [0.2, 0.25) is 0 Å². The second kappa shape index (κ2) is 6.94. The van der Waals surface area contributed by atoms with Crippen LogP contribution < -0.4 is 4.74 Å². The van der Waals surface area contributed by atoms with E-state index in [0.29, 0.717) is 5.75 Å².